The predicted molar refractivity (Wildman–Crippen MR) is 124 cm³/mol. The first-order valence-corrected chi connectivity index (χ1v) is 11.3. The number of thiazole rings is 1. The van der Waals surface area contributed by atoms with Crippen LogP contribution < -0.4 is 4.80 Å². The Hall–Kier alpha value is -2.50. The minimum absolute atomic E-state index is 0.305. The van der Waals surface area contributed by atoms with Gasteiger partial charge in [0.15, 0.2) is 4.80 Å². The van der Waals surface area contributed by atoms with E-state index >= 15 is 0 Å². The zero-order valence-corrected chi connectivity index (χ0v) is 18.6. The lowest BCUT2D eigenvalue weighted by Crippen LogP contribution is -2.20. The van der Waals surface area contributed by atoms with Crippen LogP contribution in [0, 0.1) is 0 Å². The van der Waals surface area contributed by atoms with Crippen molar-refractivity contribution in [2.45, 2.75) is 25.8 Å². The molecule has 0 aliphatic carbocycles. The number of nitrogens with zero attached hydrogens (tertiary/aromatic N) is 3. The fourth-order valence-corrected chi connectivity index (χ4v) is 4.87. The van der Waals surface area contributed by atoms with Gasteiger partial charge < -0.3 is 4.57 Å². The van der Waals surface area contributed by atoms with Crippen molar-refractivity contribution in [3.63, 3.8) is 0 Å². The highest BCUT2D eigenvalue weighted by Gasteiger charge is 2.16. The molecular weight excluding hydrogens is 442 g/mol. The Morgan fingerprint density at radius 1 is 1.03 bits per heavy atom. The molecule has 1 atom stereocenters. The van der Waals surface area contributed by atoms with Gasteiger partial charge in [0.05, 0.1) is 17.6 Å². The smallest absolute Gasteiger partial charge is 0.190 e. The molecule has 2 aromatic heterocycles. The summed E-state index contributed by atoms with van der Waals surface area (Å²) >= 11 is 5.39. The number of hydrogen-bond acceptors (Lipinski definition) is 3. The Kier molecular flexibility index (Phi) is 6.37. The molecule has 0 aliphatic heterocycles. The predicted octanol–water partition coefficient (Wildman–Crippen LogP) is 6.80. The molecule has 0 N–H and O–H groups in total. The number of hydrogen-bond donors (Lipinski definition) is 0. The van der Waals surface area contributed by atoms with Gasteiger partial charge >= 0.3 is 0 Å². The van der Waals surface area contributed by atoms with Gasteiger partial charge in [-0.05, 0) is 43.5 Å². The van der Waals surface area contributed by atoms with E-state index in [0.29, 0.717) is 6.04 Å². The summed E-state index contributed by atoms with van der Waals surface area (Å²) < 4.78 is 3.45. The van der Waals surface area contributed by atoms with Crippen LogP contribution in [0.1, 0.15) is 24.9 Å². The number of benzene rings is 2. The molecule has 0 saturated carbocycles. The molecule has 4 aromatic rings. The molecular formula is C24H22BrN3S. The molecule has 0 aliphatic rings. The molecule has 3 nitrogen and oxygen atoms in total. The maximum absolute atomic E-state index is 4.90. The van der Waals surface area contributed by atoms with E-state index in [1.807, 2.05) is 18.2 Å². The first kappa shape index (κ1) is 19.8. The molecule has 1 unspecified atom stereocenters. The molecule has 0 amide bonds. The second kappa shape index (κ2) is 9.33. The third-order valence-electron chi connectivity index (χ3n) is 4.90. The van der Waals surface area contributed by atoms with Crippen molar-refractivity contribution in [1.29, 1.82) is 0 Å². The zero-order chi connectivity index (χ0) is 20.1. The van der Waals surface area contributed by atoms with Crippen molar-refractivity contribution in [2.24, 2.45) is 4.99 Å². The lowest BCUT2D eigenvalue weighted by Gasteiger charge is -2.18. The molecule has 5 heteroatoms. The van der Waals surface area contributed by atoms with Crippen molar-refractivity contribution >= 4 is 33.0 Å². The van der Waals surface area contributed by atoms with Crippen LogP contribution in [-0.4, -0.2) is 9.55 Å². The number of aryl methyl sites for hydroxylation is 1. The van der Waals surface area contributed by atoms with Crippen LogP contribution in [0.2, 0.25) is 0 Å². The van der Waals surface area contributed by atoms with Gasteiger partial charge in [-0.15, -0.1) is 11.3 Å². The summed E-state index contributed by atoms with van der Waals surface area (Å²) in [5.41, 5.74) is 4.61. The summed E-state index contributed by atoms with van der Waals surface area (Å²) in [5, 5.41) is 2.20. The maximum atomic E-state index is 4.90. The first-order chi connectivity index (χ1) is 14.2. The minimum Gasteiger partial charge on any atom is -0.314 e. The van der Waals surface area contributed by atoms with Gasteiger partial charge in [-0.25, -0.2) is 4.99 Å². The van der Waals surface area contributed by atoms with E-state index in [1.54, 1.807) is 23.7 Å². The largest absolute Gasteiger partial charge is 0.314 e. The van der Waals surface area contributed by atoms with Crippen molar-refractivity contribution in [3.05, 3.63) is 99.3 Å². The van der Waals surface area contributed by atoms with Gasteiger partial charge in [0.2, 0.25) is 0 Å². The van der Waals surface area contributed by atoms with E-state index in [-0.39, 0.29) is 0 Å². The summed E-state index contributed by atoms with van der Waals surface area (Å²) in [7, 11) is 0. The SMILES string of the molecule is CC(CCc1ccccc1)n1c(-c2ccccc2Br)csc1=Nc1cccnc1. The van der Waals surface area contributed by atoms with E-state index in [9.17, 15) is 0 Å². The van der Waals surface area contributed by atoms with Crippen LogP contribution in [0.3, 0.4) is 0 Å². The normalized spacial score (nSPS) is 12.8. The number of aromatic nitrogens is 2. The third-order valence-corrected chi connectivity index (χ3v) is 6.43. The van der Waals surface area contributed by atoms with E-state index < -0.39 is 0 Å². The lowest BCUT2D eigenvalue weighted by atomic mass is 10.1. The molecule has 29 heavy (non-hydrogen) atoms. The summed E-state index contributed by atoms with van der Waals surface area (Å²) in [4.78, 5) is 10.1. The van der Waals surface area contributed by atoms with Gasteiger partial charge in [0, 0.05) is 27.7 Å². The fraction of sp³-hybridized carbons (Fsp3) is 0.167. The number of rotatable bonds is 6. The quantitative estimate of drug-likeness (QED) is 0.309. The summed E-state index contributed by atoms with van der Waals surface area (Å²) in [5.74, 6) is 0. The van der Waals surface area contributed by atoms with Crippen LogP contribution in [-0.2, 0) is 6.42 Å². The molecule has 0 saturated heterocycles. The molecule has 146 valence electrons. The van der Waals surface area contributed by atoms with Crippen molar-refractivity contribution < 1.29 is 0 Å². The molecule has 2 aromatic carbocycles. The van der Waals surface area contributed by atoms with E-state index in [0.717, 1.165) is 27.8 Å². The van der Waals surface area contributed by atoms with Gasteiger partial charge in [-0.2, -0.15) is 0 Å². The molecule has 4 rings (SSSR count). The Morgan fingerprint density at radius 3 is 2.59 bits per heavy atom. The summed E-state index contributed by atoms with van der Waals surface area (Å²) in [6.07, 6.45) is 5.65. The molecule has 2 heterocycles. The average Bonchev–Trinajstić information content (AvgIpc) is 3.17. The Bertz CT molecular complexity index is 1130. The Morgan fingerprint density at radius 2 is 1.83 bits per heavy atom. The number of pyridine rings is 1. The summed E-state index contributed by atoms with van der Waals surface area (Å²) in [6, 6.07) is 23.2. The van der Waals surface area contributed by atoms with E-state index in [1.165, 1.54) is 16.8 Å². The van der Waals surface area contributed by atoms with Gasteiger partial charge in [0.25, 0.3) is 0 Å². The highest BCUT2D eigenvalue weighted by molar-refractivity contribution is 9.10. The minimum atomic E-state index is 0.305. The topological polar surface area (TPSA) is 30.2 Å². The second-order valence-corrected chi connectivity index (χ2v) is 8.64. The number of halogens is 1. The molecule has 0 spiro atoms. The molecule has 0 bridgehead atoms. The standard InChI is InChI=1S/C24H22BrN3S/c1-18(13-14-19-8-3-2-4-9-19)28-23(21-11-5-6-12-22(21)25)17-29-24(28)27-20-10-7-15-26-16-20/h2-12,15-18H,13-14H2,1H3. The third kappa shape index (κ3) is 4.74. The highest BCUT2D eigenvalue weighted by atomic mass is 79.9. The van der Waals surface area contributed by atoms with Crippen LogP contribution >= 0.6 is 27.3 Å². The van der Waals surface area contributed by atoms with Crippen molar-refractivity contribution in [1.82, 2.24) is 9.55 Å². The second-order valence-electron chi connectivity index (χ2n) is 6.95. The molecule has 0 fully saturated rings. The average molecular weight is 464 g/mol. The van der Waals surface area contributed by atoms with Crippen molar-refractivity contribution in [2.75, 3.05) is 0 Å². The Labute approximate surface area is 183 Å². The highest BCUT2D eigenvalue weighted by Crippen LogP contribution is 2.31. The van der Waals surface area contributed by atoms with Gasteiger partial charge in [-0.1, -0.05) is 64.5 Å². The lowest BCUT2D eigenvalue weighted by molar-refractivity contribution is 0.501. The fourth-order valence-electron chi connectivity index (χ4n) is 3.37. The van der Waals surface area contributed by atoms with Crippen molar-refractivity contribution in [3.8, 4) is 11.3 Å². The zero-order valence-electron chi connectivity index (χ0n) is 16.2. The van der Waals surface area contributed by atoms with E-state index in [4.69, 9.17) is 4.99 Å². The van der Waals surface area contributed by atoms with Gasteiger partial charge in [0.1, 0.15) is 0 Å². The van der Waals surface area contributed by atoms with Crippen LogP contribution in [0.4, 0.5) is 5.69 Å². The van der Waals surface area contributed by atoms with Crippen LogP contribution in [0.25, 0.3) is 11.3 Å². The summed E-state index contributed by atoms with van der Waals surface area (Å²) in [6.45, 7) is 2.28. The maximum Gasteiger partial charge on any atom is 0.190 e. The van der Waals surface area contributed by atoms with Crippen LogP contribution in [0.5, 0.6) is 0 Å². The Balaban J connectivity index is 1.75. The monoisotopic (exact) mass is 463 g/mol. The van der Waals surface area contributed by atoms with Gasteiger partial charge in [-0.3, -0.25) is 4.98 Å². The molecule has 0 radical (unpaired) electrons. The van der Waals surface area contributed by atoms with Crippen LogP contribution in [0.15, 0.2) is 94.0 Å². The first-order valence-electron chi connectivity index (χ1n) is 9.66. The van der Waals surface area contributed by atoms with E-state index in [2.05, 4.69) is 86.3 Å².